The first-order valence-electron chi connectivity index (χ1n) is 2.10. The molecule has 0 bridgehead atoms. The first-order chi connectivity index (χ1) is 3.39. The van der Waals surface area contributed by atoms with Crippen LogP contribution in [0.1, 0.15) is 8.56 Å². The normalized spacial score (nSPS) is 6.10. The van der Waals surface area contributed by atoms with Gasteiger partial charge in [0.2, 0.25) is 0 Å². The Labute approximate surface area is 127 Å². The maximum atomic E-state index is 3.31. The van der Waals surface area contributed by atoms with Crippen LogP contribution in [-0.4, -0.2) is 69.2 Å². The molecule has 0 saturated heterocycles. The Bertz CT molecular complexity index is 158. The SMILES string of the molecule is Brc1ccccc1.[H-].[H-].[H-].[H-].[H-].[H-].[Mg+2].[Mg+2].[Mg+2]. The molecule has 0 nitrogen and oxygen atoms in total. The molecule has 0 aliphatic rings. The summed E-state index contributed by atoms with van der Waals surface area (Å²) in [5.74, 6) is 0. The summed E-state index contributed by atoms with van der Waals surface area (Å²) < 4.78 is 1.13. The Morgan fingerprint density at radius 2 is 1.30 bits per heavy atom. The second-order valence-corrected chi connectivity index (χ2v) is 2.21. The zero-order chi connectivity index (χ0) is 5.11. The molecule has 1 aromatic rings. The Morgan fingerprint density at radius 3 is 1.50 bits per heavy atom. The summed E-state index contributed by atoms with van der Waals surface area (Å²) in [4.78, 5) is 0. The Morgan fingerprint density at radius 1 is 0.900 bits per heavy atom. The largest absolute Gasteiger partial charge is 2.00 e. The minimum Gasteiger partial charge on any atom is -1.00 e. The van der Waals surface area contributed by atoms with Gasteiger partial charge in [0.05, 0.1) is 0 Å². The zero-order valence-corrected chi connectivity index (χ0v) is 11.7. The third-order valence-corrected chi connectivity index (χ3v) is 1.26. The number of halogens is 1. The predicted octanol–water partition coefficient (Wildman–Crippen LogP) is 1.98. The van der Waals surface area contributed by atoms with E-state index in [-0.39, 0.29) is 77.7 Å². The molecule has 0 heterocycles. The van der Waals surface area contributed by atoms with Gasteiger partial charge in [-0.1, -0.05) is 34.1 Å². The number of rotatable bonds is 0. The standard InChI is InChI=1S/C6H5Br.3Mg.6H/c7-6-4-2-1-3-5-6;;;;;;;;;/h1-5H;;;;;;;;;/q;3*+2;6*-1. The van der Waals surface area contributed by atoms with E-state index in [1.165, 1.54) is 0 Å². The van der Waals surface area contributed by atoms with Gasteiger partial charge in [0.25, 0.3) is 0 Å². The van der Waals surface area contributed by atoms with E-state index in [2.05, 4.69) is 15.9 Å². The summed E-state index contributed by atoms with van der Waals surface area (Å²) in [6, 6.07) is 9.97. The van der Waals surface area contributed by atoms with Crippen molar-refractivity contribution < 1.29 is 8.56 Å². The molecule has 10 heavy (non-hydrogen) atoms. The average Bonchev–Trinajstić information content (AvgIpc) is 1.69. The van der Waals surface area contributed by atoms with Crippen LogP contribution >= 0.6 is 15.9 Å². The Hall–Kier alpha value is 2.00. The van der Waals surface area contributed by atoms with Gasteiger partial charge in [-0.25, -0.2) is 0 Å². The van der Waals surface area contributed by atoms with Crippen LogP contribution in [0.2, 0.25) is 0 Å². The van der Waals surface area contributed by atoms with Crippen molar-refractivity contribution in [3.63, 3.8) is 0 Å². The van der Waals surface area contributed by atoms with Crippen molar-refractivity contribution in [1.82, 2.24) is 0 Å². The second-order valence-electron chi connectivity index (χ2n) is 1.30. The van der Waals surface area contributed by atoms with Crippen molar-refractivity contribution in [2.45, 2.75) is 0 Å². The van der Waals surface area contributed by atoms with E-state index in [9.17, 15) is 0 Å². The minimum atomic E-state index is 0. The van der Waals surface area contributed by atoms with Crippen molar-refractivity contribution in [1.29, 1.82) is 0 Å². The maximum Gasteiger partial charge on any atom is 2.00 e. The molecule has 0 unspecified atom stereocenters. The summed E-state index contributed by atoms with van der Waals surface area (Å²) >= 11 is 3.31. The van der Waals surface area contributed by atoms with Crippen LogP contribution in [0, 0.1) is 0 Å². The zero-order valence-electron chi connectivity index (χ0n) is 11.9. The van der Waals surface area contributed by atoms with Crippen molar-refractivity contribution >= 4 is 85.1 Å². The van der Waals surface area contributed by atoms with Crippen LogP contribution in [0.3, 0.4) is 0 Å². The van der Waals surface area contributed by atoms with Crippen LogP contribution in [0.5, 0.6) is 0 Å². The molecule has 48 valence electrons. The van der Waals surface area contributed by atoms with Crippen LogP contribution < -0.4 is 0 Å². The molecule has 4 heteroatoms. The van der Waals surface area contributed by atoms with Gasteiger partial charge in [-0.05, 0) is 12.1 Å². The summed E-state index contributed by atoms with van der Waals surface area (Å²) in [6.07, 6.45) is 0. The van der Waals surface area contributed by atoms with Crippen molar-refractivity contribution in [2.75, 3.05) is 0 Å². The number of benzene rings is 1. The molecule has 0 aromatic heterocycles. The van der Waals surface area contributed by atoms with Gasteiger partial charge in [0.1, 0.15) is 0 Å². The molecule has 0 saturated carbocycles. The summed E-state index contributed by atoms with van der Waals surface area (Å²) in [5.41, 5.74) is 0. The Kier molecular flexibility index (Phi) is 19.7. The van der Waals surface area contributed by atoms with Gasteiger partial charge in [-0.2, -0.15) is 0 Å². The van der Waals surface area contributed by atoms with Crippen molar-refractivity contribution in [3.8, 4) is 0 Å². The second kappa shape index (κ2) is 11.0. The molecule has 0 N–H and O–H groups in total. The molecule has 0 atom stereocenters. The van der Waals surface area contributed by atoms with E-state index in [4.69, 9.17) is 0 Å². The molecule has 1 rings (SSSR count). The van der Waals surface area contributed by atoms with Crippen LogP contribution in [0.25, 0.3) is 0 Å². The van der Waals surface area contributed by atoms with Crippen molar-refractivity contribution in [2.24, 2.45) is 0 Å². The smallest absolute Gasteiger partial charge is 1.00 e. The van der Waals surface area contributed by atoms with E-state index in [0.29, 0.717) is 0 Å². The van der Waals surface area contributed by atoms with Crippen LogP contribution in [-0.2, 0) is 0 Å². The maximum absolute atomic E-state index is 3.31. The average molecular weight is 236 g/mol. The third-order valence-electron chi connectivity index (χ3n) is 0.733. The molecule has 0 aliphatic carbocycles. The summed E-state index contributed by atoms with van der Waals surface area (Å²) in [7, 11) is 0. The minimum absolute atomic E-state index is 0. The Balaban J connectivity index is -0.00000000778. The quantitative estimate of drug-likeness (QED) is 0.604. The molecule has 0 aliphatic heterocycles. The van der Waals surface area contributed by atoms with Gasteiger partial charge in [-0.15, -0.1) is 0 Å². The topological polar surface area (TPSA) is 0 Å². The number of hydrogen-bond acceptors (Lipinski definition) is 0. The predicted molar refractivity (Wildman–Crippen MR) is 58.1 cm³/mol. The summed E-state index contributed by atoms with van der Waals surface area (Å²) in [5, 5.41) is 0. The van der Waals surface area contributed by atoms with E-state index in [1.54, 1.807) is 0 Å². The van der Waals surface area contributed by atoms with E-state index >= 15 is 0 Å². The first kappa shape index (κ1) is 17.9. The van der Waals surface area contributed by atoms with Gasteiger partial charge in [0, 0.05) is 4.47 Å². The molecule has 0 amide bonds. The van der Waals surface area contributed by atoms with E-state index < -0.39 is 0 Å². The molecule has 0 radical (unpaired) electrons. The first-order valence-corrected chi connectivity index (χ1v) is 2.89. The number of hydrogen-bond donors (Lipinski definition) is 0. The van der Waals surface area contributed by atoms with Crippen molar-refractivity contribution in [3.05, 3.63) is 34.8 Å². The molecule has 0 fully saturated rings. The molecular weight excluding hydrogens is 225 g/mol. The van der Waals surface area contributed by atoms with E-state index in [1.807, 2.05) is 30.3 Å². The van der Waals surface area contributed by atoms with Gasteiger partial charge in [0.15, 0.2) is 0 Å². The third kappa shape index (κ3) is 8.10. The molecular formula is C6H11BrMg3. The fourth-order valence-corrected chi connectivity index (χ4v) is 0.720. The van der Waals surface area contributed by atoms with E-state index in [0.717, 1.165) is 4.47 Å². The fourth-order valence-electron chi connectivity index (χ4n) is 0.415. The molecule has 0 spiro atoms. The monoisotopic (exact) mass is 234 g/mol. The van der Waals surface area contributed by atoms with Gasteiger partial charge < -0.3 is 8.56 Å². The van der Waals surface area contributed by atoms with Crippen LogP contribution in [0.4, 0.5) is 0 Å². The van der Waals surface area contributed by atoms with Gasteiger partial charge in [-0.3, -0.25) is 0 Å². The fraction of sp³-hybridized carbons (Fsp3) is 0. The van der Waals surface area contributed by atoms with Crippen LogP contribution in [0.15, 0.2) is 34.8 Å². The van der Waals surface area contributed by atoms with Gasteiger partial charge >= 0.3 is 69.2 Å². The molecule has 1 aromatic carbocycles. The summed E-state index contributed by atoms with van der Waals surface area (Å²) in [6.45, 7) is 0.